The molecule has 0 aliphatic carbocycles. The van der Waals surface area contributed by atoms with Gasteiger partial charge in [0, 0.05) is 22.8 Å². The van der Waals surface area contributed by atoms with Crippen LogP contribution in [0.25, 0.3) is 10.9 Å². The maximum absolute atomic E-state index is 13.0. The molecule has 0 aliphatic heterocycles. The van der Waals surface area contributed by atoms with Crippen molar-refractivity contribution in [2.75, 3.05) is 11.4 Å². The number of carbonyl (C=O) groups is 2. The molecule has 0 fully saturated rings. The second-order valence-electron chi connectivity index (χ2n) is 7.11. The van der Waals surface area contributed by atoms with Gasteiger partial charge in [-0.05, 0) is 29.3 Å². The van der Waals surface area contributed by atoms with Gasteiger partial charge in [-0.25, -0.2) is 0 Å². The number of amides is 2. The average Bonchev–Trinajstić information content (AvgIpc) is 3.20. The molecular formula is C25H23N3O2. The summed E-state index contributed by atoms with van der Waals surface area (Å²) in [6, 6.07) is 27.2. The van der Waals surface area contributed by atoms with Crippen LogP contribution in [0.15, 0.2) is 91.1 Å². The molecule has 0 bridgehead atoms. The van der Waals surface area contributed by atoms with Crippen LogP contribution in [0.5, 0.6) is 0 Å². The molecule has 5 nitrogen and oxygen atoms in total. The summed E-state index contributed by atoms with van der Waals surface area (Å²) >= 11 is 0. The molecule has 150 valence electrons. The summed E-state index contributed by atoms with van der Waals surface area (Å²) in [7, 11) is 0. The fourth-order valence-electron chi connectivity index (χ4n) is 3.48. The lowest BCUT2D eigenvalue weighted by atomic mass is 10.1. The van der Waals surface area contributed by atoms with Crippen molar-refractivity contribution in [1.82, 2.24) is 10.3 Å². The first-order chi connectivity index (χ1) is 14.7. The average molecular weight is 397 g/mol. The molecule has 3 aromatic carbocycles. The van der Waals surface area contributed by atoms with E-state index in [1.165, 1.54) is 0 Å². The zero-order chi connectivity index (χ0) is 20.8. The third-order valence-corrected chi connectivity index (χ3v) is 5.02. The Bertz CT molecular complexity index is 1140. The number of para-hydroxylation sites is 2. The zero-order valence-corrected chi connectivity index (χ0v) is 16.5. The Morgan fingerprint density at radius 1 is 0.833 bits per heavy atom. The van der Waals surface area contributed by atoms with Crippen molar-refractivity contribution in [1.29, 1.82) is 0 Å². The number of nitrogens with one attached hydrogen (secondary N) is 2. The van der Waals surface area contributed by atoms with E-state index in [0.717, 1.165) is 27.7 Å². The van der Waals surface area contributed by atoms with Gasteiger partial charge in [-0.1, -0.05) is 66.7 Å². The molecule has 30 heavy (non-hydrogen) atoms. The smallest absolute Gasteiger partial charge is 0.246 e. The van der Waals surface area contributed by atoms with Crippen LogP contribution in [0.4, 0.5) is 5.69 Å². The fourth-order valence-corrected chi connectivity index (χ4v) is 3.48. The Morgan fingerprint density at radius 3 is 2.27 bits per heavy atom. The van der Waals surface area contributed by atoms with Gasteiger partial charge in [-0.3, -0.25) is 9.59 Å². The Kier molecular flexibility index (Phi) is 5.90. The molecule has 0 spiro atoms. The predicted octanol–water partition coefficient (Wildman–Crippen LogP) is 4.06. The Labute approximate surface area is 175 Å². The quantitative estimate of drug-likeness (QED) is 0.494. The first-order valence-electron chi connectivity index (χ1n) is 9.92. The van der Waals surface area contributed by atoms with E-state index in [1.54, 1.807) is 4.90 Å². The highest BCUT2D eigenvalue weighted by Gasteiger charge is 2.17. The molecule has 0 saturated heterocycles. The SMILES string of the molecule is O=C(Cc1c[nH]c2ccccc12)NCC(=O)N(Cc1ccccc1)c1ccccc1. The van der Waals surface area contributed by atoms with Crippen LogP contribution in [-0.4, -0.2) is 23.3 Å². The number of anilines is 1. The van der Waals surface area contributed by atoms with Gasteiger partial charge in [0.2, 0.25) is 11.8 Å². The van der Waals surface area contributed by atoms with Crippen molar-refractivity contribution in [2.45, 2.75) is 13.0 Å². The highest BCUT2D eigenvalue weighted by atomic mass is 16.2. The molecule has 1 heterocycles. The predicted molar refractivity (Wildman–Crippen MR) is 119 cm³/mol. The normalized spacial score (nSPS) is 10.7. The van der Waals surface area contributed by atoms with Gasteiger partial charge in [0.15, 0.2) is 0 Å². The molecule has 0 unspecified atom stereocenters. The summed E-state index contributed by atoms with van der Waals surface area (Å²) in [6.45, 7) is 0.394. The van der Waals surface area contributed by atoms with Gasteiger partial charge in [-0.15, -0.1) is 0 Å². The second kappa shape index (κ2) is 9.09. The first-order valence-corrected chi connectivity index (χ1v) is 9.92. The van der Waals surface area contributed by atoms with Crippen LogP contribution in [0.2, 0.25) is 0 Å². The second-order valence-corrected chi connectivity index (χ2v) is 7.11. The van der Waals surface area contributed by atoms with Crippen LogP contribution >= 0.6 is 0 Å². The van der Waals surface area contributed by atoms with Gasteiger partial charge in [0.1, 0.15) is 0 Å². The molecule has 2 N–H and O–H groups in total. The Balaban J connectivity index is 1.42. The molecule has 0 radical (unpaired) electrons. The number of fused-ring (bicyclic) bond motifs is 1. The van der Waals surface area contributed by atoms with Crippen molar-refractivity contribution in [2.24, 2.45) is 0 Å². The number of carbonyl (C=O) groups excluding carboxylic acids is 2. The molecule has 0 atom stereocenters. The zero-order valence-electron chi connectivity index (χ0n) is 16.5. The molecular weight excluding hydrogens is 374 g/mol. The number of hydrogen-bond donors (Lipinski definition) is 2. The number of aromatic nitrogens is 1. The third kappa shape index (κ3) is 4.58. The summed E-state index contributed by atoms with van der Waals surface area (Å²) in [6.07, 6.45) is 2.07. The van der Waals surface area contributed by atoms with E-state index in [9.17, 15) is 9.59 Å². The van der Waals surface area contributed by atoms with Crippen molar-refractivity contribution in [3.05, 3.63) is 102 Å². The highest BCUT2D eigenvalue weighted by molar-refractivity contribution is 5.97. The van der Waals surface area contributed by atoms with Crippen molar-refractivity contribution < 1.29 is 9.59 Å². The maximum Gasteiger partial charge on any atom is 0.246 e. The summed E-state index contributed by atoms with van der Waals surface area (Å²) < 4.78 is 0. The Hall–Kier alpha value is -3.86. The molecule has 4 aromatic rings. The van der Waals surface area contributed by atoms with Crippen molar-refractivity contribution in [3.8, 4) is 0 Å². The Morgan fingerprint density at radius 2 is 1.50 bits per heavy atom. The van der Waals surface area contributed by atoms with E-state index in [1.807, 2.05) is 91.1 Å². The third-order valence-electron chi connectivity index (χ3n) is 5.02. The number of benzene rings is 3. The van der Waals surface area contributed by atoms with Gasteiger partial charge in [0.05, 0.1) is 19.5 Å². The minimum Gasteiger partial charge on any atom is -0.361 e. The molecule has 1 aromatic heterocycles. The number of hydrogen-bond acceptors (Lipinski definition) is 2. The summed E-state index contributed by atoms with van der Waals surface area (Å²) in [5.74, 6) is -0.335. The number of rotatable bonds is 7. The van der Waals surface area contributed by atoms with Crippen LogP contribution in [0.3, 0.4) is 0 Å². The van der Waals surface area contributed by atoms with E-state index >= 15 is 0 Å². The van der Waals surface area contributed by atoms with Crippen LogP contribution in [-0.2, 0) is 22.6 Å². The molecule has 0 aliphatic rings. The molecule has 5 heteroatoms. The topological polar surface area (TPSA) is 65.2 Å². The fraction of sp³-hybridized carbons (Fsp3) is 0.120. The van der Waals surface area contributed by atoms with E-state index in [4.69, 9.17) is 0 Å². The maximum atomic E-state index is 13.0. The van der Waals surface area contributed by atoms with Crippen molar-refractivity contribution in [3.63, 3.8) is 0 Å². The summed E-state index contributed by atoms with van der Waals surface area (Å²) in [5.41, 5.74) is 3.74. The van der Waals surface area contributed by atoms with E-state index in [-0.39, 0.29) is 24.8 Å². The summed E-state index contributed by atoms with van der Waals surface area (Å²) in [4.78, 5) is 30.3. The van der Waals surface area contributed by atoms with Crippen LogP contribution in [0, 0.1) is 0 Å². The van der Waals surface area contributed by atoms with Gasteiger partial charge >= 0.3 is 0 Å². The summed E-state index contributed by atoms with van der Waals surface area (Å²) in [5, 5.41) is 3.80. The monoisotopic (exact) mass is 397 g/mol. The van der Waals surface area contributed by atoms with Gasteiger partial charge in [-0.2, -0.15) is 0 Å². The number of H-pyrrole nitrogens is 1. The standard InChI is InChI=1S/C25H23N3O2/c29-24(15-20-16-26-23-14-8-7-13-22(20)23)27-17-25(30)28(21-11-5-2-6-12-21)18-19-9-3-1-4-10-19/h1-14,16,26H,15,17-18H2,(H,27,29). The van der Waals surface area contributed by atoms with Crippen LogP contribution < -0.4 is 10.2 Å². The molecule has 2 amide bonds. The number of aromatic amines is 1. The van der Waals surface area contributed by atoms with Gasteiger partial charge < -0.3 is 15.2 Å². The lowest BCUT2D eigenvalue weighted by molar-refractivity contribution is -0.124. The van der Waals surface area contributed by atoms with E-state index in [0.29, 0.717) is 6.54 Å². The molecule has 0 saturated carbocycles. The van der Waals surface area contributed by atoms with E-state index < -0.39 is 0 Å². The van der Waals surface area contributed by atoms with Crippen LogP contribution in [0.1, 0.15) is 11.1 Å². The van der Waals surface area contributed by atoms with Crippen molar-refractivity contribution >= 4 is 28.4 Å². The minimum atomic E-state index is -0.180. The largest absolute Gasteiger partial charge is 0.361 e. The number of nitrogens with zero attached hydrogens (tertiary/aromatic N) is 1. The molecule has 4 rings (SSSR count). The van der Waals surface area contributed by atoms with Gasteiger partial charge in [0.25, 0.3) is 0 Å². The minimum absolute atomic E-state index is 0.0527. The lowest BCUT2D eigenvalue weighted by Crippen LogP contribution is -2.40. The first kappa shape index (κ1) is 19.5. The lowest BCUT2D eigenvalue weighted by Gasteiger charge is -2.23. The highest BCUT2D eigenvalue weighted by Crippen LogP contribution is 2.19. The van der Waals surface area contributed by atoms with E-state index in [2.05, 4.69) is 10.3 Å².